The van der Waals surface area contributed by atoms with E-state index in [1.165, 1.54) is 20.8 Å². The number of amides is 1. The van der Waals surface area contributed by atoms with E-state index in [1.54, 1.807) is 0 Å². The molecule has 0 fully saturated rings. The van der Waals surface area contributed by atoms with Crippen molar-refractivity contribution in [3.05, 3.63) is 24.3 Å². The zero-order valence-electron chi connectivity index (χ0n) is 15.0. The van der Waals surface area contributed by atoms with Gasteiger partial charge in [0.1, 0.15) is 0 Å². The molecule has 0 aromatic heterocycles. The van der Waals surface area contributed by atoms with Crippen LogP contribution in [0.3, 0.4) is 0 Å². The number of ether oxygens (including phenoxy) is 2. The van der Waals surface area contributed by atoms with Gasteiger partial charge in [-0.1, -0.05) is 26.5 Å². The fourth-order valence-electron chi connectivity index (χ4n) is 1.92. The summed E-state index contributed by atoms with van der Waals surface area (Å²) in [4.78, 5) is 36.4. The van der Waals surface area contributed by atoms with Crippen LogP contribution in [0.2, 0.25) is 0 Å². The quantitative estimate of drug-likeness (QED) is 0.393. The van der Waals surface area contributed by atoms with Gasteiger partial charge in [0.2, 0.25) is 5.91 Å². The molecular formula is C17H27NO6. The molecule has 136 valence electrons. The largest absolute Gasteiger partial charge is 0.438 e. The maximum absolute atomic E-state index is 12.0. The minimum Gasteiger partial charge on any atom is -0.438 e. The van der Waals surface area contributed by atoms with Crippen LogP contribution in [-0.4, -0.2) is 40.0 Å². The van der Waals surface area contributed by atoms with Gasteiger partial charge in [0.25, 0.3) is 5.91 Å². The Morgan fingerprint density at radius 1 is 1.12 bits per heavy atom. The number of carbonyl (C=O) groups is 3. The van der Waals surface area contributed by atoms with E-state index in [4.69, 9.17) is 9.47 Å². The Bertz CT molecular complexity index is 523. The van der Waals surface area contributed by atoms with Crippen LogP contribution in [0.15, 0.2) is 24.3 Å². The van der Waals surface area contributed by atoms with Crippen molar-refractivity contribution in [2.75, 3.05) is 0 Å². The number of hydrogen-bond donors (Lipinski definition) is 1. The third kappa shape index (κ3) is 6.54. The van der Waals surface area contributed by atoms with Crippen molar-refractivity contribution in [2.45, 2.75) is 66.0 Å². The summed E-state index contributed by atoms with van der Waals surface area (Å²) in [6.07, 6.45) is 0.582. The topological polar surface area (TPSA) is 93.1 Å². The molecule has 0 aliphatic rings. The first-order valence-corrected chi connectivity index (χ1v) is 7.71. The Hall–Kier alpha value is -2.15. The van der Waals surface area contributed by atoms with Crippen LogP contribution >= 0.6 is 0 Å². The van der Waals surface area contributed by atoms with Crippen molar-refractivity contribution in [2.24, 2.45) is 0 Å². The number of nitrogens with zero attached hydrogens (tertiary/aromatic N) is 1. The molecule has 0 aliphatic heterocycles. The summed E-state index contributed by atoms with van der Waals surface area (Å²) in [7, 11) is 0. The Morgan fingerprint density at radius 3 is 2.00 bits per heavy atom. The summed E-state index contributed by atoms with van der Waals surface area (Å²) in [5.74, 6) is -4.49. The van der Waals surface area contributed by atoms with Crippen LogP contribution in [0.4, 0.5) is 0 Å². The van der Waals surface area contributed by atoms with Gasteiger partial charge in [0.05, 0.1) is 0 Å². The zero-order valence-corrected chi connectivity index (χ0v) is 15.0. The number of aliphatic hydroxyl groups is 1. The van der Waals surface area contributed by atoms with Gasteiger partial charge in [-0.15, -0.1) is 0 Å². The van der Waals surface area contributed by atoms with E-state index in [1.807, 2.05) is 6.92 Å². The van der Waals surface area contributed by atoms with Crippen molar-refractivity contribution in [3.8, 4) is 0 Å². The lowest BCUT2D eigenvalue weighted by molar-refractivity contribution is -0.286. The molecule has 0 aliphatic carbocycles. The summed E-state index contributed by atoms with van der Waals surface area (Å²) in [5, 5.41) is 10.5. The zero-order chi connectivity index (χ0) is 19.1. The molecule has 1 amide bonds. The highest BCUT2D eigenvalue weighted by atomic mass is 16.7. The molecule has 0 spiro atoms. The molecule has 0 radical (unpaired) electrons. The summed E-state index contributed by atoms with van der Waals surface area (Å²) in [6.45, 7) is 14.0. The SMILES string of the molecule is C=C(C)C(=O)OC(CCCC)N(C(C)=O)C(C)(O)OC(=O)C(=C)C. The molecule has 24 heavy (non-hydrogen) atoms. The molecule has 7 nitrogen and oxygen atoms in total. The van der Waals surface area contributed by atoms with Crippen LogP contribution in [0, 0.1) is 0 Å². The second kappa shape index (κ2) is 9.22. The number of rotatable bonds is 9. The maximum atomic E-state index is 12.0. The van der Waals surface area contributed by atoms with Crippen molar-refractivity contribution in [1.82, 2.24) is 4.90 Å². The van der Waals surface area contributed by atoms with Crippen LogP contribution in [0.5, 0.6) is 0 Å². The summed E-state index contributed by atoms with van der Waals surface area (Å²) in [6, 6.07) is 0. The molecule has 0 saturated heterocycles. The highest BCUT2D eigenvalue weighted by Crippen LogP contribution is 2.23. The van der Waals surface area contributed by atoms with E-state index < -0.39 is 30.0 Å². The molecule has 0 saturated carbocycles. The molecular weight excluding hydrogens is 314 g/mol. The van der Waals surface area contributed by atoms with Crippen molar-refractivity contribution in [3.63, 3.8) is 0 Å². The minimum absolute atomic E-state index is 0.0582. The number of esters is 2. The smallest absolute Gasteiger partial charge is 0.336 e. The van der Waals surface area contributed by atoms with Gasteiger partial charge in [-0.2, -0.15) is 0 Å². The Balaban J connectivity index is 5.60. The third-order valence-electron chi connectivity index (χ3n) is 3.10. The van der Waals surface area contributed by atoms with Gasteiger partial charge < -0.3 is 14.6 Å². The van der Waals surface area contributed by atoms with Crippen molar-refractivity contribution in [1.29, 1.82) is 0 Å². The molecule has 0 bridgehead atoms. The van der Waals surface area contributed by atoms with Gasteiger partial charge in [-0.25, -0.2) is 14.5 Å². The van der Waals surface area contributed by atoms with Gasteiger partial charge in [0.15, 0.2) is 6.23 Å². The van der Waals surface area contributed by atoms with Crippen LogP contribution in [0.25, 0.3) is 0 Å². The second-order valence-corrected chi connectivity index (χ2v) is 5.78. The molecule has 2 unspecified atom stereocenters. The van der Waals surface area contributed by atoms with Crippen LogP contribution < -0.4 is 0 Å². The highest BCUT2D eigenvalue weighted by molar-refractivity contribution is 5.88. The number of unbranched alkanes of at least 4 members (excludes halogenated alkanes) is 1. The van der Waals surface area contributed by atoms with Crippen molar-refractivity contribution >= 4 is 17.8 Å². The van der Waals surface area contributed by atoms with E-state index in [9.17, 15) is 19.5 Å². The number of carbonyl (C=O) groups excluding carboxylic acids is 3. The molecule has 7 heteroatoms. The van der Waals surface area contributed by atoms with E-state index in [0.717, 1.165) is 18.2 Å². The third-order valence-corrected chi connectivity index (χ3v) is 3.10. The average molecular weight is 341 g/mol. The summed E-state index contributed by atoms with van der Waals surface area (Å²) >= 11 is 0. The minimum atomic E-state index is -2.30. The number of hydrogen-bond acceptors (Lipinski definition) is 6. The van der Waals surface area contributed by atoms with Crippen molar-refractivity contribution < 1.29 is 29.0 Å². The molecule has 0 rings (SSSR count). The predicted octanol–water partition coefficient (Wildman–Crippen LogP) is 2.26. The summed E-state index contributed by atoms with van der Waals surface area (Å²) < 4.78 is 10.2. The average Bonchev–Trinajstić information content (AvgIpc) is 2.42. The molecule has 2 atom stereocenters. The molecule has 0 aromatic carbocycles. The first-order valence-electron chi connectivity index (χ1n) is 7.71. The van der Waals surface area contributed by atoms with Crippen LogP contribution in [0.1, 0.15) is 53.9 Å². The Labute approximate surface area is 142 Å². The predicted molar refractivity (Wildman–Crippen MR) is 88.3 cm³/mol. The normalized spacial score (nSPS) is 14.1. The fourth-order valence-corrected chi connectivity index (χ4v) is 1.92. The summed E-state index contributed by atoms with van der Waals surface area (Å²) in [5.41, 5.74) is 0.210. The van der Waals surface area contributed by atoms with Gasteiger partial charge in [-0.05, 0) is 20.3 Å². The van der Waals surface area contributed by atoms with E-state index in [0.29, 0.717) is 6.42 Å². The Kier molecular flexibility index (Phi) is 8.39. The van der Waals surface area contributed by atoms with E-state index in [-0.39, 0.29) is 17.6 Å². The first kappa shape index (κ1) is 21.9. The monoisotopic (exact) mass is 341 g/mol. The Morgan fingerprint density at radius 2 is 1.62 bits per heavy atom. The lowest BCUT2D eigenvalue weighted by Gasteiger charge is -2.39. The van der Waals surface area contributed by atoms with Gasteiger partial charge >= 0.3 is 11.9 Å². The second-order valence-electron chi connectivity index (χ2n) is 5.78. The lowest BCUT2D eigenvalue weighted by atomic mass is 10.2. The molecule has 0 aromatic rings. The van der Waals surface area contributed by atoms with E-state index in [2.05, 4.69) is 13.2 Å². The fraction of sp³-hybridized carbons (Fsp3) is 0.588. The lowest BCUT2D eigenvalue weighted by Crippen LogP contribution is -2.57. The highest BCUT2D eigenvalue weighted by Gasteiger charge is 2.42. The standard InChI is InChI=1S/C17H27NO6/c1-8-9-10-14(23-15(20)11(2)3)18(13(6)19)17(7,22)24-16(21)12(4)5/h14,22H,2,4,8-10H2,1,3,5-7H3. The van der Waals surface area contributed by atoms with Crippen LogP contribution in [-0.2, 0) is 23.9 Å². The van der Waals surface area contributed by atoms with E-state index >= 15 is 0 Å². The maximum Gasteiger partial charge on any atom is 0.336 e. The molecule has 0 heterocycles. The first-order chi connectivity index (χ1) is 10.9. The molecule has 1 N–H and O–H groups in total. The van der Waals surface area contributed by atoms with Gasteiger partial charge in [0, 0.05) is 31.4 Å². The van der Waals surface area contributed by atoms with Gasteiger partial charge in [-0.3, -0.25) is 4.79 Å².